The second kappa shape index (κ2) is 16.1. The van der Waals surface area contributed by atoms with Gasteiger partial charge < -0.3 is 18.9 Å². The van der Waals surface area contributed by atoms with E-state index in [4.69, 9.17) is 23.5 Å². The van der Waals surface area contributed by atoms with Crippen LogP contribution in [0, 0.1) is 0 Å². The SMILES string of the molecule is CN(C)P(=O)(O[C@@H]1O[C@H](COCc2ccccc2)[C@@H](OCc2ccccc2)[C@H](OCc2ccccc2)[C@H]1N=[N+]=[N-])N(C)C. The van der Waals surface area contributed by atoms with E-state index in [-0.39, 0.29) is 19.8 Å². The second-order valence-electron chi connectivity index (χ2n) is 10.6. The van der Waals surface area contributed by atoms with Crippen LogP contribution in [0.1, 0.15) is 16.7 Å². The summed E-state index contributed by atoms with van der Waals surface area (Å²) in [5.74, 6) is 0. The molecule has 0 saturated carbocycles. The first-order valence-electron chi connectivity index (χ1n) is 14.1. The molecule has 1 aliphatic rings. The highest BCUT2D eigenvalue weighted by Gasteiger charge is 2.50. The minimum Gasteiger partial charge on any atom is -0.374 e. The van der Waals surface area contributed by atoms with Crippen LogP contribution in [0.25, 0.3) is 10.4 Å². The molecule has 3 aromatic rings. The van der Waals surface area contributed by atoms with E-state index in [2.05, 4.69) is 10.0 Å². The first-order valence-corrected chi connectivity index (χ1v) is 15.6. The number of hydrogen-bond acceptors (Lipinski definition) is 7. The quantitative estimate of drug-likeness (QED) is 0.0888. The molecule has 0 bridgehead atoms. The summed E-state index contributed by atoms with van der Waals surface area (Å²) in [6.07, 6.45) is -3.45. The van der Waals surface area contributed by atoms with Crippen molar-refractivity contribution < 1.29 is 28.0 Å². The Morgan fingerprint density at radius 2 is 1.23 bits per heavy atom. The minimum absolute atomic E-state index is 0.122. The van der Waals surface area contributed by atoms with E-state index in [1.807, 2.05) is 91.0 Å². The maximum atomic E-state index is 13.9. The number of azide groups is 1. The Morgan fingerprint density at radius 1 is 0.767 bits per heavy atom. The standard InChI is InChI=1S/C31H40N5O6P/c1-35(2)43(37,36(3)4)42-31-28(33-34-32)30(40-22-26-18-12-7-13-19-26)29(39-21-25-16-10-6-11-17-25)27(41-31)23-38-20-24-14-8-5-9-15-24/h5-19,27-31H,20-23H2,1-4H3/t27-,28-,29-,30-,31+/m1/s1. The van der Waals surface area contributed by atoms with E-state index in [1.54, 1.807) is 28.2 Å². The Hall–Kier alpha value is -3.08. The van der Waals surface area contributed by atoms with Gasteiger partial charge in [0.1, 0.15) is 24.4 Å². The van der Waals surface area contributed by atoms with Gasteiger partial charge in [0, 0.05) is 4.91 Å². The summed E-state index contributed by atoms with van der Waals surface area (Å²) < 4.78 is 48.6. The lowest BCUT2D eigenvalue weighted by molar-refractivity contribution is -0.267. The van der Waals surface area contributed by atoms with Crippen LogP contribution < -0.4 is 0 Å². The van der Waals surface area contributed by atoms with Crippen LogP contribution in [0.5, 0.6) is 0 Å². The Morgan fingerprint density at radius 3 is 1.70 bits per heavy atom. The van der Waals surface area contributed by atoms with E-state index in [9.17, 15) is 10.1 Å². The Kier molecular flexibility index (Phi) is 12.3. The summed E-state index contributed by atoms with van der Waals surface area (Å²) in [6, 6.07) is 28.2. The minimum atomic E-state index is -3.56. The highest BCUT2D eigenvalue weighted by Crippen LogP contribution is 2.53. The van der Waals surface area contributed by atoms with Gasteiger partial charge in [0.15, 0.2) is 6.29 Å². The van der Waals surface area contributed by atoms with Gasteiger partial charge in [0.05, 0.1) is 26.4 Å². The van der Waals surface area contributed by atoms with Crippen molar-refractivity contribution in [3.8, 4) is 0 Å². The van der Waals surface area contributed by atoms with Gasteiger partial charge in [-0.1, -0.05) is 96.1 Å². The van der Waals surface area contributed by atoms with Crippen LogP contribution in [0.3, 0.4) is 0 Å². The Labute approximate surface area is 253 Å². The van der Waals surface area contributed by atoms with Crippen molar-refractivity contribution in [1.82, 2.24) is 9.34 Å². The average molecular weight is 610 g/mol. The van der Waals surface area contributed by atoms with E-state index < -0.39 is 38.3 Å². The fraction of sp³-hybridized carbons (Fsp3) is 0.419. The molecule has 3 aromatic carbocycles. The first kappa shape index (κ1) is 32.8. The zero-order valence-corrected chi connectivity index (χ0v) is 25.9. The van der Waals surface area contributed by atoms with Gasteiger partial charge in [0.2, 0.25) is 0 Å². The second-order valence-corrected chi connectivity index (χ2v) is 13.3. The fourth-order valence-electron chi connectivity index (χ4n) is 4.77. The summed E-state index contributed by atoms with van der Waals surface area (Å²) in [7, 11) is 3.06. The molecule has 43 heavy (non-hydrogen) atoms. The maximum absolute atomic E-state index is 13.9. The van der Waals surface area contributed by atoms with Gasteiger partial charge in [-0.05, 0) is 50.4 Å². The average Bonchev–Trinajstić information content (AvgIpc) is 3.02. The summed E-state index contributed by atoms with van der Waals surface area (Å²) in [5.41, 5.74) is 12.5. The van der Waals surface area contributed by atoms with Crippen LogP contribution >= 0.6 is 7.67 Å². The maximum Gasteiger partial charge on any atom is 0.347 e. The largest absolute Gasteiger partial charge is 0.374 e. The van der Waals surface area contributed by atoms with E-state index >= 15 is 0 Å². The molecule has 0 radical (unpaired) electrons. The summed E-state index contributed by atoms with van der Waals surface area (Å²) in [5, 5.41) is 4.06. The molecule has 4 rings (SSSR count). The van der Waals surface area contributed by atoms with Gasteiger partial charge in [-0.25, -0.2) is 9.34 Å². The van der Waals surface area contributed by atoms with Crippen molar-refractivity contribution in [2.75, 3.05) is 34.8 Å². The van der Waals surface area contributed by atoms with Gasteiger partial charge >= 0.3 is 7.67 Å². The number of hydrogen-bond donors (Lipinski definition) is 0. The van der Waals surface area contributed by atoms with Crippen LogP contribution in [-0.2, 0) is 47.9 Å². The van der Waals surface area contributed by atoms with Crippen LogP contribution in [0.15, 0.2) is 96.1 Å². The molecule has 1 heterocycles. The molecule has 5 atom stereocenters. The molecular weight excluding hydrogens is 569 g/mol. The fourth-order valence-corrected chi connectivity index (χ4v) is 6.31. The van der Waals surface area contributed by atoms with Crippen molar-refractivity contribution >= 4 is 7.67 Å². The Bertz CT molecular complexity index is 1330. The highest BCUT2D eigenvalue weighted by molar-refractivity contribution is 7.53. The zero-order chi connectivity index (χ0) is 30.7. The van der Waals surface area contributed by atoms with Crippen LogP contribution in [-0.4, -0.2) is 74.8 Å². The predicted molar refractivity (Wildman–Crippen MR) is 164 cm³/mol. The molecule has 1 fully saturated rings. The van der Waals surface area contributed by atoms with E-state index in [1.165, 1.54) is 9.34 Å². The lowest BCUT2D eigenvalue weighted by atomic mass is 9.96. The molecule has 0 N–H and O–H groups in total. The van der Waals surface area contributed by atoms with E-state index in [0.717, 1.165) is 16.7 Å². The summed E-state index contributed by atoms with van der Waals surface area (Å²) >= 11 is 0. The monoisotopic (exact) mass is 609 g/mol. The topological polar surface area (TPSA) is 118 Å². The number of nitrogens with zero attached hydrogens (tertiary/aromatic N) is 5. The number of benzene rings is 3. The molecule has 0 amide bonds. The van der Waals surface area contributed by atoms with Gasteiger partial charge in [-0.2, -0.15) is 0 Å². The number of rotatable bonds is 15. The third kappa shape index (κ3) is 8.97. The molecule has 0 spiro atoms. The third-order valence-electron chi connectivity index (χ3n) is 7.02. The Balaban J connectivity index is 1.67. The molecule has 0 unspecified atom stereocenters. The molecule has 1 saturated heterocycles. The molecule has 230 valence electrons. The van der Waals surface area contributed by atoms with Gasteiger partial charge in [-0.15, -0.1) is 0 Å². The van der Waals surface area contributed by atoms with Crippen molar-refractivity contribution in [3.63, 3.8) is 0 Å². The molecule has 0 aromatic heterocycles. The molecule has 12 heteroatoms. The van der Waals surface area contributed by atoms with Crippen molar-refractivity contribution in [2.45, 2.75) is 50.5 Å². The molecular formula is C31H40N5O6P. The zero-order valence-electron chi connectivity index (χ0n) is 25.0. The lowest BCUT2D eigenvalue weighted by Crippen LogP contribution is -2.60. The van der Waals surface area contributed by atoms with Crippen molar-refractivity contribution in [1.29, 1.82) is 0 Å². The first-order chi connectivity index (χ1) is 20.8. The normalized spacial score (nSPS) is 22.4. The van der Waals surface area contributed by atoms with Gasteiger partial charge in [0.25, 0.3) is 0 Å². The number of ether oxygens (including phenoxy) is 4. The van der Waals surface area contributed by atoms with Gasteiger partial charge in [-0.3, -0.25) is 9.09 Å². The van der Waals surface area contributed by atoms with Crippen molar-refractivity contribution in [3.05, 3.63) is 118 Å². The van der Waals surface area contributed by atoms with E-state index in [0.29, 0.717) is 6.61 Å². The smallest absolute Gasteiger partial charge is 0.347 e. The summed E-state index contributed by atoms with van der Waals surface area (Å²) in [6.45, 7) is 0.951. The van der Waals surface area contributed by atoms with Crippen LogP contribution in [0.2, 0.25) is 0 Å². The molecule has 0 aliphatic carbocycles. The molecule has 1 aliphatic heterocycles. The predicted octanol–water partition coefficient (Wildman–Crippen LogP) is 6.03. The highest BCUT2D eigenvalue weighted by atomic mass is 31.2. The molecule has 11 nitrogen and oxygen atoms in total. The third-order valence-corrected chi connectivity index (χ3v) is 9.52. The van der Waals surface area contributed by atoms with Crippen LogP contribution in [0.4, 0.5) is 0 Å². The summed E-state index contributed by atoms with van der Waals surface area (Å²) in [4.78, 5) is 3.10. The lowest BCUT2D eigenvalue weighted by Gasteiger charge is -2.46. The van der Waals surface area contributed by atoms with Crippen molar-refractivity contribution in [2.24, 2.45) is 5.11 Å².